The molecule has 1 aromatic rings. The highest BCUT2D eigenvalue weighted by Crippen LogP contribution is 2.15. The van der Waals surface area contributed by atoms with Crippen LogP contribution < -0.4 is 0 Å². The van der Waals surface area contributed by atoms with E-state index in [-0.39, 0.29) is 0 Å². The van der Waals surface area contributed by atoms with Gasteiger partial charge in [-0.1, -0.05) is 13.8 Å². The van der Waals surface area contributed by atoms with Gasteiger partial charge >= 0.3 is 0 Å². The van der Waals surface area contributed by atoms with E-state index in [0.717, 1.165) is 30.2 Å². The number of halogens is 1. The zero-order chi connectivity index (χ0) is 10.4. The van der Waals surface area contributed by atoms with Crippen molar-refractivity contribution in [2.45, 2.75) is 39.5 Å². The van der Waals surface area contributed by atoms with Gasteiger partial charge in [-0.05, 0) is 18.8 Å². The Morgan fingerprint density at radius 3 is 2.43 bits per heavy atom. The van der Waals surface area contributed by atoms with Crippen LogP contribution in [0.15, 0.2) is 0 Å². The van der Waals surface area contributed by atoms with E-state index in [1.807, 2.05) is 0 Å². The topological polar surface area (TPSA) is 25.8 Å². The van der Waals surface area contributed by atoms with Gasteiger partial charge in [0.2, 0.25) is 0 Å². The van der Waals surface area contributed by atoms with Crippen molar-refractivity contribution in [3.63, 3.8) is 0 Å². The first-order valence-electron chi connectivity index (χ1n) is 5.09. The van der Waals surface area contributed by atoms with Crippen LogP contribution in [0.2, 0.25) is 0 Å². The molecular formula is C10H17ClN2S. The smallest absolute Gasteiger partial charge is 0.117 e. The van der Waals surface area contributed by atoms with Crippen molar-refractivity contribution in [3.05, 3.63) is 10.0 Å². The summed E-state index contributed by atoms with van der Waals surface area (Å²) < 4.78 is 0. The molecule has 0 amide bonds. The molecule has 0 aliphatic heterocycles. The number of nitrogens with zero attached hydrogens (tertiary/aromatic N) is 2. The monoisotopic (exact) mass is 232 g/mol. The van der Waals surface area contributed by atoms with Gasteiger partial charge in [0.05, 0.1) is 0 Å². The molecule has 0 fully saturated rings. The minimum Gasteiger partial charge on any atom is -0.144 e. The van der Waals surface area contributed by atoms with Crippen LogP contribution >= 0.6 is 22.9 Å². The summed E-state index contributed by atoms with van der Waals surface area (Å²) in [7, 11) is 0. The maximum atomic E-state index is 5.62. The van der Waals surface area contributed by atoms with Crippen LogP contribution in [0.4, 0.5) is 0 Å². The van der Waals surface area contributed by atoms with Crippen molar-refractivity contribution in [3.8, 4) is 0 Å². The molecule has 1 rings (SSSR count). The maximum Gasteiger partial charge on any atom is 0.117 e. The lowest BCUT2D eigenvalue weighted by Gasteiger charge is -1.99. The summed E-state index contributed by atoms with van der Waals surface area (Å²) in [5.74, 6) is 1.45. The zero-order valence-electron chi connectivity index (χ0n) is 8.79. The standard InChI is InChI=1S/C10H17ClN2S/c1-8(2)5-6-10-13-12-9(14-10)4-3-7-11/h8H,3-7H2,1-2H3. The van der Waals surface area contributed by atoms with Crippen LogP contribution in [-0.4, -0.2) is 16.1 Å². The fourth-order valence-electron chi connectivity index (χ4n) is 1.12. The third kappa shape index (κ3) is 4.38. The first-order chi connectivity index (χ1) is 6.72. The van der Waals surface area contributed by atoms with Gasteiger partial charge in [-0.25, -0.2) is 0 Å². The summed E-state index contributed by atoms with van der Waals surface area (Å²) in [6, 6.07) is 0. The number of alkyl halides is 1. The van der Waals surface area contributed by atoms with Crippen molar-refractivity contribution in [2.24, 2.45) is 5.92 Å². The molecule has 0 radical (unpaired) electrons. The molecule has 0 bridgehead atoms. The Morgan fingerprint density at radius 2 is 1.86 bits per heavy atom. The average molecular weight is 233 g/mol. The lowest BCUT2D eigenvalue weighted by atomic mass is 10.1. The molecule has 0 aliphatic rings. The predicted molar refractivity (Wildman–Crippen MR) is 62.1 cm³/mol. The van der Waals surface area contributed by atoms with E-state index in [2.05, 4.69) is 24.0 Å². The van der Waals surface area contributed by atoms with Crippen molar-refractivity contribution in [1.29, 1.82) is 0 Å². The van der Waals surface area contributed by atoms with Crippen molar-refractivity contribution < 1.29 is 0 Å². The SMILES string of the molecule is CC(C)CCc1nnc(CCCCl)s1. The first kappa shape index (κ1) is 11.9. The molecule has 0 spiro atoms. The van der Waals surface area contributed by atoms with Gasteiger partial charge in [0.25, 0.3) is 0 Å². The van der Waals surface area contributed by atoms with Crippen LogP contribution in [0, 0.1) is 5.92 Å². The number of aryl methyl sites for hydroxylation is 2. The Hall–Kier alpha value is -0.150. The van der Waals surface area contributed by atoms with E-state index in [0.29, 0.717) is 5.88 Å². The summed E-state index contributed by atoms with van der Waals surface area (Å²) in [4.78, 5) is 0. The zero-order valence-corrected chi connectivity index (χ0v) is 10.4. The molecule has 0 saturated carbocycles. The van der Waals surface area contributed by atoms with Crippen LogP contribution in [0.25, 0.3) is 0 Å². The molecule has 0 saturated heterocycles. The summed E-state index contributed by atoms with van der Waals surface area (Å²) in [6.45, 7) is 4.46. The van der Waals surface area contributed by atoms with Gasteiger partial charge in [0, 0.05) is 18.7 Å². The fraction of sp³-hybridized carbons (Fsp3) is 0.800. The van der Waals surface area contributed by atoms with Gasteiger partial charge in [-0.2, -0.15) is 0 Å². The molecule has 14 heavy (non-hydrogen) atoms. The summed E-state index contributed by atoms with van der Waals surface area (Å²) in [5, 5.41) is 10.6. The van der Waals surface area contributed by atoms with Crippen LogP contribution in [-0.2, 0) is 12.8 Å². The summed E-state index contributed by atoms with van der Waals surface area (Å²) >= 11 is 7.35. The van der Waals surface area contributed by atoms with Crippen molar-refractivity contribution in [1.82, 2.24) is 10.2 Å². The van der Waals surface area contributed by atoms with E-state index < -0.39 is 0 Å². The van der Waals surface area contributed by atoms with Gasteiger partial charge in [0.1, 0.15) is 10.0 Å². The highest BCUT2D eigenvalue weighted by atomic mass is 35.5. The fourth-order valence-corrected chi connectivity index (χ4v) is 2.16. The summed E-state index contributed by atoms with van der Waals surface area (Å²) in [5.41, 5.74) is 0. The predicted octanol–water partition coefficient (Wildman–Crippen LogP) is 3.30. The molecule has 0 N–H and O–H groups in total. The van der Waals surface area contributed by atoms with Gasteiger partial charge in [0.15, 0.2) is 0 Å². The number of hydrogen-bond acceptors (Lipinski definition) is 3. The highest BCUT2D eigenvalue weighted by Gasteiger charge is 2.04. The Kier molecular flexibility index (Phi) is 5.41. The molecule has 80 valence electrons. The van der Waals surface area contributed by atoms with Crippen molar-refractivity contribution in [2.75, 3.05) is 5.88 Å². The Morgan fingerprint density at radius 1 is 1.21 bits per heavy atom. The molecule has 1 heterocycles. The van der Waals surface area contributed by atoms with Gasteiger partial charge in [-0.3, -0.25) is 0 Å². The lowest BCUT2D eigenvalue weighted by Crippen LogP contribution is -1.91. The Labute approximate surface area is 94.7 Å². The molecule has 0 aliphatic carbocycles. The quantitative estimate of drug-likeness (QED) is 0.704. The number of aromatic nitrogens is 2. The van der Waals surface area contributed by atoms with Crippen LogP contribution in [0.5, 0.6) is 0 Å². The van der Waals surface area contributed by atoms with E-state index in [1.165, 1.54) is 11.4 Å². The van der Waals surface area contributed by atoms with Gasteiger partial charge < -0.3 is 0 Å². The van der Waals surface area contributed by atoms with Crippen LogP contribution in [0.1, 0.15) is 36.7 Å². The van der Waals surface area contributed by atoms with Crippen molar-refractivity contribution >= 4 is 22.9 Å². The highest BCUT2D eigenvalue weighted by molar-refractivity contribution is 7.11. The van der Waals surface area contributed by atoms with E-state index >= 15 is 0 Å². The Bertz CT molecular complexity index is 260. The van der Waals surface area contributed by atoms with Gasteiger partial charge in [-0.15, -0.1) is 33.1 Å². The number of rotatable bonds is 6. The molecular weight excluding hydrogens is 216 g/mol. The van der Waals surface area contributed by atoms with E-state index in [1.54, 1.807) is 11.3 Å². The molecule has 2 nitrogen and oxygen atoms in total. The largest absolute Gasteiger partial charge is 0.144 e. The van der Waals surface area contributed by atoms with E-state index in [4.69, 9.17) is 11.6 Å². The first-order valence-corrected chi connectivity index (χ1v) is 6.44. The second-order valence-electron chi connectivity index (χ2n) is 3.81. The maximum absolute atomic E-state index is 5.62. The summed E-state index contributed by atoms with van der Waals surface area (Å²) in [6.07, 6.45) is 4.24. The minimum absolute atomic E-state index is 0.709. The van der Waals surface area contributed by atoms with E-state index in [9.17, 15) is 0 Å². The third-order valence-electron chi connectivity index (χ3n) is 1.97. The third-order valence-corrected chi connectivity index (χ3v) is 3.28. The number of hydrogen-bond donors (Lipinski definition) is 0. The second kappa shape index (κ2) is 6.36. The Balaban J connectivity index is 2.35. The minimum atomic E-state index is 0.709. The van der Waals surface area contributed by atoms with Crippen LogP contribution in [0.3, 0.4) is 0 Å². The average Bonchev–Trinajstić information content (AvgIpc) is 2.59. The normalized spacial score (nSPS) is 11.1. The molecule has 1 aromatic heterocycles. The lowest BCUT2D eigenvalue weighted by molar-refractivity contribution is 0.583. The molecule has 0 atom stereocenters. The molecule has 0 aromatic carbocycles. The molecule has 0 unspecified atom stereocenters. The second-order valence-corrected chi connectivity index (χ2v) is 5.34. The molecule has 4 heteroatoms.